The third-order valence-electron chi connectivity index (χ3n) is 1.94. The summed E-state index contributed by atoms with van der Waals surface area (Å²) in [4.78, 5) is 11.2. The highest BCUT2D eigenvalue weighted by molar-refractivity contribution is 5.83. The maximum absolute atomic E-state index is 11.2. The van der Waals surface area contributed by atoms with Gasteiger partial charge in [0, 0.05) is 18.3 Å². The van der Waals surface area contributed by atoms with Gasteiger partial charge in [0.1, 0.15) is 5.78 Å². The first-order chi connectivity index (χ1) is 5.04. The van der Waals surface area contributed by atoms with Crippen LogP contribution in [0.3, 0.4) is 0 Å². The molecule has 0 aliphatic rings. The van der Waals surface area contributed by atoms with Gasteiger partial charge in [-0.1, -0.05) is 20.8 Å². The highest BCUT2D eigenvalue weighted by atomic mass is 16.1. The first-order valence-electron chi connectivity index (χ1n) is 3.95. The van der Waals surface area contributed by atoms with Crippen LogP contribution in [0, 0.1) is 16.7 Å². The van der Waals surface area contributed by atoms with E-state index in [0.29, 0.717) is 19.3 Å². The van der Waals surface area contributed by atoms with Crippen molar-refractivity contribution in [2.45, 2.75) is 40.0 Å². The van der Waals surface area contributed by atoms with Crippen LogP contribution in [0.15, 0.2) is 0 Å². The van der Waals surface area contributed by atoms with Gasteiger partial charge in [0.2, 0.25) is 0 Å². The van der Waals surface area contributed by atoms with Gasteiger partial charge in [-0.15, -0.1) is 0 Å². The Kier molecular flexibility index (Phi) is 3.81. The number of ketones is 1. The van der Waals surface area contributed by atoms with Crippen molar-refractivity contribution in [1.29, 1.82) is 5.26 Å². The Bertz CT molecular complexity index is 176. The maximum Gasteiger partial charge on any atom is 0.138 e. The van der Waals surface area contributed by atoms with E-state index in [0.717, 1.165) is 0 Å². The monoisotopic (exact) mass is 153 g/mol. The van der Waals surface area contributed by atoms with E-state index >= 15 is 0 Å². The van der Waals surface area contributed by atoms with E-state index in [1.807, 2.05) is 20.8 Å². The van der Waals surface area contributed by atoms with Crippen molar-refractivity contribution < 1.29 is 4.79 Å². The summed E-state index contributed by atoms with van der Waals surface area (Å²) in [6.45, 7) is 5.66. The van der Waals surface area contributed by atoms with Crippen molar-refractivity contribution in [2.24, 2.45) is 5.41 Å². The molecule has 0 aliphatic heterocycles. The highest BCUT2D eigenvalue weighted by Crippen LogP contribution is 2.24. The van der Waals surface area contributed by atoms with Gasteiger partial charge in [-0.2, -0.15) is 5.26 Å². The zero-order valence-corrected chi connectivity index (χ0v) is 7.48. The molecule has 0 atom stereocenters. The summed E-state index contributed by atoms with van der Waals surface area (Å²) in [6.07, 6.45) is 1.72. The number of carbonyl (C=O) groups excluding carboxylic acids is 1. The van der Waals surface area contributed by atoms with Crippen molar-refractivity contribution in [3.63, 3.8) is 0 Å². The lowest BCUT2D eigenvalue weighted by molar-refractivity contribution is -0.127. The molecule has 0 bridgehead atoms. The minimum absolute atomic E-state index is 0.243. The standard InChI is InChI=1S/C9H15NO/c1-4-8(11)9(2,3)6-5-7-10/h4-6H2,1-3H3. The van der Waals surface area contributed by atoms with Crippen LogP contribution in [-0.2, 0) is 4.79 Å². The van der Waals surface area contributed by atoms with Gasteiger partial charge in [0.15, 0.2) is 0 Å². The van der Waals surface area contributed by atoms with Gasteiger partial charge in [-0.25, -0.2) is 0 Å². The number of nitrogens with zero attached hydrogens (tertiary/aromatic N) is 1. The Morgan fingerprint density at radius 3 is 2.45 bits per heavy atom. The second-order valence-electron chi connectivity index (χ2n) is 3.32. The van der Waals surface area contributed by atoms with E-state index in [-0.39, 0.29) is 11.2 Å². The summed E-state index contributed by atoms with van der Waals surface area (Å²) in [6, 6.07) is 2.05. The first kappa shape index (κ1) is 10.2. The Morgan fingerprint density at radius 2 is 2.09 bits per heavy atom. The molecular weight excluding hydrogens is 138 g/mol. The van der Waals surface area contributed by atoms with Gasteiger partial charge in [0.05, 0.1) is 6.07 Å². The second kappa shape index (κ2) is 4.12. The molecule has 0 radical (unpaired) electrons. The molecule has 2 nitrogen and oxygen atoms in total. The Labute approximate surface area is 68.2 Å². The lowest BCUT2D eigenvalue weighted by Gasteiger charge is -2.20. The number of hydrogen-bond donors (Lipinski definition) is 0. The fourth-order valence-corrected chi connectivity index (χ4v) is 0.986. The van der Waals surface area contributed by atoms with Crippen LogP contribution < -0.4 is 0 Å². The molecule has 0 aromatic heterocycles. The molecule has 0 fully saturated rings. The van der Waals surface area contributed by atoms with Gasteiger partial charge >= 0.3 is 0 Å². The third-order valence-corrected chi connectivity index (χ3v) is 1.94. The predicted molar refractivity (Wildman–Crippen MR) is 43.9 cm³/mol. The fourth-order valence-electron chi connectivity index (χ4n) is 0.986. The molecule has 0 spiro atoms. The van der Waals surface area contributed by atoms with Crippen molar-refractivity contribution in [1.82, 2.24) is 0 Å². The van der Waals surface area contributed by atoms with Crippen molar-refractivity contribution in [3.05, 3.63) is 0 Å². The van der Waals surface area contributed by atoms with Crippen molar-refractivity contribution >= 4 is 5.78 Å². The summed E-state index contributed by atoms with van der Waals surface area (Å²) < 4.78 is 0. The van der Waals surface area contributed by atoms with Gasteiger partial charge in [-0.3, -0.25) is 4.79 Å². The maximum atomic E-state index is 11.2. The van der Waals surface area contributed by atoms with E-state index in [2.05, 4.69) is 6.07 Å². The van der Waals surface area contributed by atoms with Crippen LogP contribution in [-0.4, -0.2) is 5.78 Å². The smallest absolute Gasteiger partial charge is 0.138 e. The van der Waals surface area contributed by atoms with E-state index in [1.54, 1.807) is 0 Å². The normalized spacial score (nSPS) is 10.7. The van der Waals surface area contributed by atoms with Gasteiger partial charge in [0.25, 0.3) is 0 Å². The molecule has 62 valence electrons. The molecule has 0 N–H and O–H groups in total. The van der Waals surface area contributed by atoms with Crippen LogP contribution >= 0.6 is 0 Å². The molecule has 2 heteroatoms. The molecule has 0 saturated carbocycles. The van der Waals surface area contributed by atoms with Crippen molar-refractivity contribution in [3.8, 4) is 6.07 Å². The molecule has 0 aromatic rings. The first-order valence-corrected chi connectivity index (χ1v) is 3.95. The predicted octanol–water partition coefficient (Wildman–Crippen LogP) is 2.30. The molecular formula is C9H15NO. The highest BCUT2D eigenvalue weighted by Gasteiger charge is 2.24. The molecule has 0 rings (SSSR count). The lowest BCUT2D eigenvalue weighted by atomic mass is 9.82. The number of carbonyl (C=O) groups is 1. The van der Waals surface area contributed by atoms with Crippen LogP contribution in [0.4, 0.5) is 0 Å². The van der Waals surface area contributed by atoms with Crippen LogP contribution in [0.5, 0.6) is 0 Å². The average molecular weight is 153 g/mol. The molecule has 0 unspecified atom stereocenters. The topological polar surface area (TPSA) is 40.9 Å². The minimum atomic E-state index is -0.301. The second-order valence-corrected chi connectivity index (χ2v) is 3.32. The third kappa shape index (κ3) is 3.18. The summed E-state index contributed by atoms with van der Waals surface area (Å²) in [5, 5.41) is 8.32. The van der Waals surface area contributed by atoms with E-state index in [1.165, 1.54) is 0 Å². The molecule has 0 aromatic carbocycles. The average Bonchev–Trinajstić information content (AvgIpc) is 1.99. The number of Topliss-reactive ketones (excluding diaryl/α,β-unsaturated/α-hetero) is 1. The quantitative estimate of drug-likeness (QED) is 0.621. The lowest BCUT2D eigenvalue weighted by Crippen LogP contribution is -2.22. The molecule has 0 heterocycles. The molecule has 11 heavy (non-hydrogen) atoms. The van der Waals surface area contributed by atoms with Crippen LogP contribution in [0.2, 0.25) is 0 Å². The zero-order valence-electron chi connectivity index (χ0n) is 7.48. The van der Waals surface area contributed by atoms with Gasteiger partial charge in [-0.05, 0) is 6.42 Å². The Hall–Kier alpha value is -0.840. The van der Waals surface area contributed by atoms with Crippen LogP contribution in [0.1, 0.15) is 40.0 Å². The number of nitriles is 1. The van der Waals surface area contributed by atoms with Crippen LogP contribution in [0.25, 0.3) is 0 Å². The SMILES string of the molecule is CCC(=O)C(C)(C)CCC#N. The Balaban J connectivity index is 4.01. The fraction of sp³-hybridized carbons (Fsp3) is 0.778. The minimum Gasteiger partial charge on any atom is -0.299 e. The Morgan fingerprint density at radius 1 is 1.55 bits per heavy atom. The van der Waals surface area contributed by atoms with Crippen molar-refractivity contribution in [2.75, 3.05) is 0 Å². The number of rotatable bonds is 4. The van der Waals surface area contributed by atoms with E-state index in [9.17, 15) is 4.79 Å². The summed E-state index contributed by atoms with van der Waals surface area (Å²) in [7, 11) is 0. The van der Waals surface area contributed by atoms with E-state index in [4.69, 9.17) is 5.26 Å². The largest absolute Gasteiger partial charge is 0.299 e. The molecule has 0 amide bonds. The summed E-state index contributed by atoms with van der Waals surface area (Å²) in [5.41, 5.74) is -0.301. The van der Waals surface area contributed by atoms with Gasteiger partial charge < -0.3 is 0 Å². The number of hydrogen-bond acceptors (Lipinski definition) is 2. The zero-order chi connectivity index (χ0) is 8.91. The molecule has 0 saturated heterocycles. The summed E-state index contributed by atoms with van der Waals surface area (Å²) in [5.74, 6) is 0.243. The molecule has 0 aliphatic carbocycles. The van der Waals surface area contributed by atoms with E-state index < -0.39 is 0 Å². The summed E-state index contributed by atoms with van der Waals surface area (Å²) >= 11 is 0.